The van der Waals surface area contributed by atoms with Crippen molar-refractivity contribution in [1.29, 1.82) is 0 Å². The maximum absolute atomic E-state index is 12.6. The Morgan fingerprint density at radius 1 is 0.597 bits per heavy atom. The molecule has 0 aliphatic carbocycles. The van der Waals surface area contributed by atoms with Crippen LogP contribution in [0.5, 0.6) is 11.5 Å². The molecule has 0 aliphatic rings. The van der Waals surface area contributed by atoms with E-state index in [1.165, 1.54) is 38.1 Å². The Hall–Kier alpha value is -6.94. The average Bonchev–Trinajstić information content (AvgIpc) is 3.98. The van der Waals surface area contributed by atoms with Gasteiger partial charge in [0.2, 0.25) is 11.9 Å². The zero-order valence-electron chi connectivity index (χ0n) is 39.5. The summed E-state index contributed by atoms with van der Waals surface area (Å²) in [6, 6.07) is 26.8. The second-order valence-corrected chi connectivity index (χ2v) is 20.5. The molecule has 8 aromatic rings. The predicted molar refractivity (Wildman–Crippen MR) is 283 cm³/mol. The van der Waals surface area contributed by atoms with Crippen molar-refractivity contribution in [2.24, 2.45) is 20.5 Å². The first-order valence-electron chi connectivity index (χ1n) is 22.1. The van der Waals surface area contributed by atoms with Crippen LogP contribution in [0.3, 0.4) is 0 Å². The molecule has 0 fully saturated rings. The second kappa shape index (κ2) is 22.2. The minimum absolute atomic E-state index is 0.0561. The Morgan fingerprint density at radius 3 is 1.44 bits per heavy atom. The number of methoxy groups -OCH3 is 2. The number of fused-ring (bicyclic) bond motifs is 2. The van der Waals surface area contributed by atoms with Gasteiger partial charge < -0.3 is 29.9 Å². The van der Waals surface area contributed by atoms with Gasteiger partial charge in [0.15, 0.2) is 15.2 Å². The van der Waals surface area contributed by atoms with Crippen molar-refractivity contribution in [3.63, 3.8) is 0 Å². The lowest BCUT2D eigenvalue weighted by Gasteiger charge is -2.22. The van der Waals surface area contributed by atoms with E-state index in [0.29, 0.717) is 59.8 Å². The summed E-state index contributed by atoms with van der Waals surface area (Å²) in [5.41, 5.74) is 4.84. The first-order chi connectivity index (χ1) is 34.6. The fourth-order valence-corrected chi connectivity index (χ4v) is 11.7. The number of hydrogen-bond acceptors (Lipinski definition) is 22. The van der Waals surface area contributed by atoms with Gasteiger partial charge in [0.05, 0.1) is 47.4 Å². The molecular weight excluding hydrogens is 1020 g/mol. The van der Waals surface area contributed by atoms with Crippen LogP contribution in [-0.2, 0) is 26.0 Å². The van der Waals surface area contributed by atoms with Crippen LogP contribution in [0.2, 0.25) is 0 Å². The maximum Gasteiger partial charge on any atom is 0.299 e. The highest BCUT2D eigenvalue weighted by molar-refractivity contribution is 7.98. The minimum atomic E-state index is -4.77. The summed E-state index contributed by atoms with van der Waals surface area (Å²) >= 11 is 3.19. The van der Waals surface area contributed by atoms with Gasteiger partial charge in [0.1, 0.15) is 32.7 Å². The Bertz CT molecular complexity index is 3340. The maximum atomic E-state index is 12.6. The lowest BCUT2D eigenvalue weighted by Crippen LogP contribution is -2.21. The van der Waals surface area contributed by atoms with Gasteiger partial charge in [-0.2, -0.15) is 40.5 Å². The number of azo groups is 2. The van der Waals surface area contributed by atoms with Crippen molar-refractivity contribution in [3.8, 4) is 11.5 Å². The number of benzene rings is 5. The molecule has 0 aliphatic heterocycles. The number of rotatable bonds is 21. The van der Waals surface area contributed by atoms with Crippen LogP contribution in [0, 0.1) is 0 Å². The third kappa shape index (κ3) is 11.4. The van der Waals surface area contributed by atoms with Crippen LogP contribution in [0.25, 0.3) is 21.8 Å². The Morgan fingerprint density at radius 2 is 1.04 bits per heavy atom. The quantitative estimate of drug-likeness (QED) is 0.0296. The summed E-state index contributed by atoms with van der Waals surface area (Å²) in [6.45, 7) is 11.0. The number of aromatic nitrogens is 5. The molecule has 21 nitrogen and oxygen atoms in total. The molecule has 374 valence electrons. The van der Waals surface area contributed by atoms with Crippen molar-refractivity contribution in [2.75, 3.05) is 60.8 Å². The molecule has 3 heterocycles. The predicted octanol–water partition coefficient (Wildman–Crippen LogP) is 11.9. The Labute approximate surface area is 427 Å². The molecule has 0 bridgehead atoms. The fraction of sp³-hybridized carbons (Fsp3) is 0.239. The van der Waals surface area contributed by atoms with Crippen molar-refractivity contribution < 1.29 is 35.4 Å². The lowest BCUT2D eigenvalue weighted by atomic mass is 10.2. The van der Waals surface area contributed by atoms with E-state index < -0.39 is 30.0 Å². The van der Waals surface area contributed by atoms with Crippen molar-refractivity contribution in [1.82, 2.24) is 23.7 Å². The second-order valence-electron chi connectivity index (χ2n) is 15.3. The number of anilines is 6. The number of thioether (sulfide) groups is 1. The zero-order chi connectivity index (χ0) is 51.2. The molecule has 26 heteroatoms. The van der Waals surface area contributed by atoms with Crippen LogP contribution in [-0.4, -0.2) is 90.0 Å². The van der Waals surface area contributed by atoms with E-state index in [1.54, 1.807) is 24.3 Å². The Kier molecular flexibility index (Phi) is 15.9. The van der Waals surface area contributed by atoms with Crippen molar-refractivity contribution >= 4 is 133 Å². The molecule has 0 saturated heterocycles. The molecule has 0 amide bonds. The molecule has 4 N–H and O–H groups in total. The van der Waals surface area contributed by atoms with Gasteiger partial charge in [0.25, 0.3) is 20.2 Å². The highest BCUT2D eigenvalue weighted by atomic mass is 32.2. The van der Waals surface area contributed by atoms with Crippen LogP contribution < -0.4 is 29.9 Å². The summed E-state index contributed by atoms with van der Waals surface area (Å²) in [7, 11) is -6.95. The van der Waals surface area contributed by atoms with Gasteiger partial charge in [-0.15, -0.1) is 20.5 Å². The monoisotopic (exact) mass is 1070 g/mol. The molecule has 72 heavy (non-hydrogen) atoms. The number of nitrogens with one attached hydrogen (secondary N) is 2. The molecule has 3 aromatic heterocycles. The van der Waals surface area contributed by atoms with E-state index in [1.807, 2.05) is 82.3 Å². The van der Waals surface area contributed by atoms with E-state index >= 15 is 0 Å². The third-order valence-corrected chi connectivity index (χ3v) is 15.3. The summed E-state index contributed by atoms with van der Waals surface area (Å²) in [5.74, 6) is 0.626. The standard InChI is InChI=1S/C46H47N13O8S5/c1-7-58(8-2)28-16-18-30(52-54-42-38-32(56-69-42)20-22-36(66-5)40(38)71(60,61)62)34(24-28)47-44-49-45(51-46(50-44)68-26-27-14-12-11-13-15-27)48-35-25-29(59(9-3)10-4)17-19-31(35)53-55-43-39-33(57-70-43)21-23-37(67-6)41(39)72(63,64)65/h11-25H,7-10,26H2,1-6H3,(H,60,61,62)(H,63,64,65)(H2,47,48,49,50,51). The SMILES string of the molecule is CCN(CC)c1ccc(N=Nc2snc3ccc(OC)c(S(=O)(=O)O)c23)c(Nc2nc(Nc3cc(N(CC)CC)ccc3N=Nc3snc4ccc(OC)c(S(=O)(=O)O)c34)nc(SCc3ccccc3)n2)c1. The van der Waals surface area contributed by atoms with E-state index in [4.69, 9.17) is 24.4 Å². The summed E-state index contributed by atoms with van der Waals surface area (Å²) in [4.78, 5) is 17.9. The molecule has 0 unspecified atom stereocenters. The van der Waals surface area contributed by atoms with E-state index in [0.717, 1.165) is 40.0 Å². The average molecular weight is 1070 g/mol. The first-order valence-corrected chi connectivity index (χ1v) is 27.5. The van der Waals surface area contributed by atoms with Gasteiger partial charge in [-0.05, 0) is 117 Å². The number of nitrogens with zero attached hydrogens (tertiary/aromatic N) is 11. The summed E-state index contributed by atoms with van der Waals surface area (Å²) in [5, 5.41) is 25.5. The molecule has 0 radical (unpaired) electrons. The summed E-state index contributed by atoms with van der Waals surface area (Å²) in [6.07, 6.45) is 0. The van der Waals surface area contributed by atoms with Crippen LogP contribution >= 0.6 is 34.8 Å². The smallest absolute Gasteiger partial charge is 0.299 e. The molecule has 0 saturated carbocycles. The zero-order valence-corrected chi connectivity index (χ0v) is 43.6. The number of hydrogen-bond donors (Lipinski definition) is 4. The van der Waals surface area contributed by atoms with Gasteiger partial charge in [-0.25, -0.2) is 0 Å². The summed E-state index contributed by atoms with van der Waals surface area (Å²) < 4.78 is 90.3. The molecule has 8 rings (SSSR count). The molecule has 0 spiro atoms. The normalized spacial score (nSPS) is 12.1. The third-order valence-electron chi connectivity index (χ3n) is 11.1. The van der Waals surface area contributed by atoms with Gasteiger partial charge >= 0.3 is 0 Å². The topological polar surface area (TPSA) is 272 Å². The number of ether oxygens (including phenoxy) is 2. The van der Waals surface area contributed by atoms with Gasteiger partial charge in [-0.1, -0.05) is 42.1 Å². The van der Waals surface area contributed by atoms with Gasteiger partial charge in [0, 0.05) is 43.3 Å². The van der Waals surface area contributed by atoms with E-state index in [9.17, 15) is 25.9 Å². The first kappa shape index (κ1) is 51.4. The van der Waals surface area contributed by atoms with Gasteiger partial charge in [-0.3, -0.25) is 9.11 Å². The lowest BCUT2D eigenvalue weighted by molar-refractivity contribution is 0.398. The largest absolute Gasteiger partial charge is 0.495 e. The van der Waals surface area contributed by atoms with Crippen molar-refractivity contribution in [3.05, 3.63) is 96.6 Å². The molecular formula is C46H47N13O8S5. The van der Waals surface area contributed by atoms with Crippen molar-refractivity contribution in [2.45, 2.75) is 48.4 Å². The van der Waals surface area contributed by atoms with Crippen LogP contribution in [0.4, 0.5) is 56.0 Å². The fourth-order valence-electron chi connectivity index (χ4n) is 7.61. The Balaban J connectivity index is 1.23. The van der Waals surface area contributed by atoms with E-state index in [-0.39, 0.29) is 55.2 Å². The van der Waals surface area contributed by atoms with Crippen LogP contribution in [0.1, 0.15) is 33.3 Å². The highest BCUT2D eigenvalue weighted by Gasteiger charge is 2.27. The minimum Gasteiger partial charge on any atom is -0.495 e. The highest BCUT2D eigenvalue weighted by Crippen LogP contribution is 2.44. The van der Waals surface area contributed by atoms with Crippen LogP contribution in [0.15, 0.2) is 126 Å². The molecule has 0 atom stereocenters. The molecule has 5 aromatic carbocycles. The van der Waals surface area contributed by atoms with E-state index in [2.05, 4.69) is 49.6 Å².